The lowest BCUT2D eigenvalue weighted by atomic mass is 10.2. The number of aromatic hydroxyl groups is 1. The van der Waals surface area contributed by atoms with Gasteiger partial charge in [0.1, 0.15) is 21.8 Å². The van der Waals surface area contributed by atoms with E-state index in [9.17, 15) is 27.9 Å². The highest BCUT2D eigenvalue weighted by Crippen LogP contribution is 2.30. The normalized spacial score (nSPS) is 16.6. The minimum atomic E-state index is -4.79. The Bertz CT molecular complexity index is 912. The van der Waals surface area contributed by atoms with E-state index in [0.29, 0.717) is 10.6 Å². The van der Waals surface area contributed by atoms with Gasteiger partial charge in [0, 0.05) is 17.7 Å². The fourth-order valence-electron chi connectivity index (χ4n) is 2.37. The Hall–Kier alpha value is -3.01. The summed E-state index contributed by atoms with van der Waals surface area (Å²) in [7, 11) is 0. The third-order valence-electron chi connectivity index (χ3n) is 3.60. The molecule has 10 heteroatoms. The molecule has 2 aromatic rings. The van der Waals surface area contributed by atoms with Crippen LogP contribution >= 0.6 is 11.8 Å². The molecule has 1 aliphatic rings. The lowest BCUT2D eigenvalue weighted by Crippen LogP contribution is -2.21. The highest BCUT2D eigenvalue weighted by atomic mass is 32.2. The summed E-state index contributed by atoms with van der Waals surface area (Å²) in [6.07, 6.45) is -4.94. The van der Waals surface area contributed by atoms with Gasteiger partial charge in [-0.1, -0.05) is 11.8 Å². The number of benzene rings is 2. The molecule has 0 saturated carbocycles. The number of hydrogen-bond acceptors (Lipinski definition) is 5. The third-order valence-corrected chi connectivity index (χ3v) is 4.80. The number of carbonyl (C=O) groups is 2. The maximum atomic E-state index is 12.1. The van der Waals surface area contributed by atoms with Gasteiger partial charge in [0.05, 0.1) is 0 Å². The number of thioether (sulfide) groups is 1. The molecule has 0 unspecified atom stereocenters. The number of amides is 2. The first kappa shape index (κ1) is 19.7. The van der Waals surface area contributed by atoms with Crippen LogP contribution in [0.4, 0.5) is 18.9 Å². The third kappa shape index (κ3) is 5.26. The van der Waals surface area contributed by atoms with Gasteiger partial charge in [-0.05, 0) is 48.5 Å². The number of hydrogen-bond donors (Lipinski definition) is 2. The summed E-state index contributed by atoms with van der Waals surface area (Å²) in [5, 5.41) is 11.6. The van der Waals surface area contributed by atoms with Crippen molar-refractivity contribution in [2.45, 2.75) is 18.0 Å². The van der Waals surface area contributed by atoms with Crippen molar-refractivity contribution >= 4 is 34.3 Å². The number of phenolic OH excluding ortho intramolecular Hbond substituents is 1. The summed E-state index contributed by atoms with van der Waals surface area (Å²) in [6, 6.07) is 10.8. The zero-order chi connectivity index (χ0) is 20.3. The summed E-state index contributed by atoms with van der Waals surface area (Å²) in [5.74, 6) is -1.24. The monoisotopic (exact) mass is 410 g/mol. The lowest BCUT2D eigenvalue weighted by Gasteiger charge is -2.11. The molecular weight excluding hydrogens is 397 g/mol. The van der Waals surface area contributed by atoms with Crippen LogP contribution < -0.4 is 10.1 Å². The first-order valence-corrected chi connectivity index (χ1v) is 8.82. The number of halogens is 3. The van der Waals surface area contributed by atoms with Crippen LogP contribution in [-0.2, 0) is 9.59 Å². The van der Waals surface area contributed by atoms with E-state index in [1.807, 2.05) is 0 Å². The zero-order valence-corrected chi connectivity index (χ0v) is 14.9. The fourth-order valence-corrected chi connectivity index (χ4v) is 3.44. The molecule has 6 nitrogen and oxygen atoms in total. The summed E-state index contributed by atoms with van der Waals surface area (Å²) >= 11 is 1.14. The Kier molecular flexibility index (Phi) is 5.59. The van der Waals surface area contributed by atoms with Gasteiger partial charge in [0.15, 0.2) is 0 Å². The van der Waals surface area contributed by atoms with E-state index >= 15 is 0 Å². The van der Waals surface area contributed by atoms with Crippen LogP contribution in [0.2, 0.25) is 0 Å². The van der Waals surface area contributed by atoms with Crippen LogP contribution in [0.15, 0.2) is 53.5 Å². The van der Waals surface area contributed by atoms with Crippen molar-refractivity contribution < 1.29 is 32.6 Å². The molecule has 0 spiro atoms. The minimum absolute atomic E-state index is 0.0845. The number of anilines is 1. The number of nitrogens with zero attached hydrogens (tertiary/aromatic N) is 1. The molecular formula is C18H13F3N2O4S. The van der Waals surface area contributed by atoms with Crippen molar-refractivity contribution in [1.29, 1.82) is 0 Å². The molecule has 2 aromatic carbocycles. The molecule has 1 heterocycles. The maximum absolute atomic E-state index is 12.1. The largest absolute Gasteiger partial charge is 0.573 e. The second kappa shape index (κ2) is 7.93. The molecule has 1 aliphatic heterocycles. The molecule has 3 rings (SSSR count). The van der Waals surface area contributed by atoms with Gasteiger partial charge in [0.25, 0.3) is 5.91 Å². The van der Waals surface area contributed by atoms with Crippen LogP contribution in [-0.4, -0.2) is 33.6 Å². The van der Waals surface area contributed by atoms with Crippen molar-refractivity contribution in [3.05, 3.63) is 54.1 Å². The first-order valence-electron chi connectivity index (χ1n) is 7.94. The van der Waals surface area contributed by atoms with Gasteiger partial charge in [-0.15, -0.1) is 13.2 Å². The number of carbonyl (C=O) groups excluding carboxylic acids is 2. The summed E-state index contributed by atoms with van der Waals surface area (Å²) in [4.78, 5) is 28.1. The quantitative estimate of drug-likeness (QED) is 0.785. The standard InChI is InChI=1S/C18H13F3N2O4S/c19-18(20,21)27-13-7-3-11(4-8-13)22-15(25)9-14-16(26)23-17(28-14)10-1-5-12(24)6-2-10/h1-8,14,24H,9H2,(H,22,25)/t14-/m0/s1. The number of phenols is 1. The van der Waals surface area contributed by atoms with Gasteiger partial charge >= 0.3 is 6.36 Å². The van der Waals surface area contributed by atoms with E-state index < -0.39 is 29.2 Å². The van der Waals surface area contributed by atoms with Crippen molar-refractivity contribution in [2.24, 2.45) is 4.99 Å². The highest BCUT2D eigenvalue weighted by molar-refractivity contribution is 8.16. The van der Waals surface area contributed by atoms with Gasteiger partial charge < -0.3 is 15.2 Å². The molecule has 0 saturated heterocycles. The Morgan fingerprint density at radius 1 is 1.14 bits per heavy atom. The van der Waals surface area contributed by atoms with Crippen LogP contribution in [0, 0.1) is 0 Å². The van der Waals surface area contributed by atoms with Gasteiger partial charge in [-0.3, -0.25) is 9.59 Å². The molecule has 0 bridgehead atoms. The minimum Gasteiger partial charge on any atom is -0.508 e. The van der Waals surface area contributed by atoms with Crippen molar-refractivity contribution in [3.63, 3.8) is 0 Å². The molecule has 146 valence electrons. The fraction of sp³-hybridized carbons (Fsp3) is 0.167. The van der Waals surface area contributed by atoms with Crippen molar-refractivity contribution in [1.82, 2.24) is 0 Å². The van der Waals surface area contributed by atoms with E-state index in [1.165, 1.54) is 24.3 Å². The van der Waals surface area contributed by atoms with E-state index in [0.717, 1.165) is 23.9 Å². The Morgan fingerprint density at radius 3 is 2.39 bits per heavy atom. The molecule has 0 radical (unpaired) electrons. The van der Waals surface area contributed by atoms with E-state index in [4.69, 9.17) is 0 Å². The molecule has 0 aliphatic carbocycles. The summed E-state index contributed by atoms with van der Waals surface area (Å²) in [5.41, 5.74) is 0.925. The van der Waals surface area contributed by atoms with E-state index in [-0.39, 0.29) is 17.9 Å². The number of nitrogens with one attached hydrogen (secondary N) is 1. The Balaban J connectivity index is 1.55. The van der Waals surface area contributed by atoms with Gasteiger partial charge in [0.2, 0.25) is 5.91 Å². The summed E-state index contributed by atoms with van der Waals surface area (Å²) < 4.78 is 40.2. The Labute approximate surface area is 161 Å². The van der Waals surface area contributed by atoms with Gasteiger partial charge in [-0.25, -0.2) is 4.99 Å². The SMILES string of the molecule is O=C(C[C@@H]1SC(c2ccc(O)cc2)=NC1=O)Nc1ccc(OC(F)(F)F)cc1. The van der Waals surface area contributed by atoms with Crippen molar-refractivity contribution in [3.8, 4) is 11.5 Å². The molecule has 28 heavy (non-hydrogen) atoms. The second-order valence-corrected chi connectivity index (χ2v) is 6.92. The second-order valence-electron chi connectivity index (χ2n) is 5.73. The zero-order valence-electron chi connectivity index (χ0n) is 14.1. The molecule has 2 amide bonds. The predicted octanol–water partition coefficient (Wildman–Crippen LogP) is 3.71. The van der Waals surface area contributed by atoms with E-state index in [2.05, 4.69) is 15.0 Å². The lowest BCUT2D eigenvalue weighted by molar-refractivity contribution is -0.274. The first-order chi connectivity index (χ1) is 13.2. The predicted molar refractivity (Wildman–Crippen MR) is 97.4 cm³/mol. The van der Waals surface area contributed by atoms with Crippen LogP contribution in [0.5, 0.6) is 11.5 Å². The number of alkyl halides is 3. The number of rotatable bonds is 5. The molecule has 0 aromatic heterocycles. The average Bonchev–Trinajstić information content (AvgIpc) is 2.96. The topological polar surface area (TPSA) is 88.0 Å². The molecule has 1 atom stereocenters. The van der Waals surface area contributed by atoms with Crippen LogP contribution in [0.25, 0.3) is 0 Å². The van der Waals surface area contributed by atoms with E-state index in [1.54, 1.807) is 12.1 Å². The van der Waals surface area contributed by atoms with Crippen molar-refractivity contribution in [2.75, 3.05) is 5.32 Å². The summed E-state index contributed by atoms with van der Waals surface area (Å²) in [6.45, 7) is 0. The smallest absolute Gasteiger partial charge is 0.508 e. The number of ether oxygens (including phenoxy) is 1. The highest BCUT2D eigenvalue weighted by Gasteiger charge is 2.32. The molecule has 0 fully saturated rings. The maximum Gasteiger partial charge on any atom is 0.573 e. The average molecular weight is 410 g/mol. The van der Waals surface area contributed by atoms with Crippen LogP contribution in [0.3, 0.4) is 0 Å². The van der Waals surface area contributed by atoms with Crippen LogP contribution in [0.1, 0.15) is 12.0 Å². The Morgan fingerprint density at radius 2 is 1.79 bits per heavy atom. The van der Waals surface area contributed by atoms with Gasteiger partial charge in [-0.2, -0.15) is 0 Å². The molecule has 2 N–H and O–H groups in total. The number of aliphatic imine (C=N–C) groups is 1.